The molecule has 1 aliphatic heterocycles. The van der Waals surface area contributed by atoms with Gasteiger partial charge in [0.25, 0.3) is 0 Å². The van der Waals surface area contributed by atoms with E-state index in [1.54, 1.807) is 18.6 Å². The van der Waals surface area contributed by atoms with E-state index in [1.165, 1.54) is 10.4 Å². The molecule has 1 unspecified atom stereocenters. The Labute approximate surface area is 193 Å². The highest BCUT2D eigenvalue weighted by Crippen LogP contribution is 2.32. The lowest BCUT2D eigenvalue weighted by Gasteiger charge is -2.36. The number of aldehydes is 1. The van der Waals surface area contributed by atoms with Crippen molar-refractivity contribution in [3.63, 3.8) is 0 Å². The maximum Gasteiger partial charge on any atom is 0.161 e. The number of hydrogen-bond acceptors (Lipinski definition) is 7. The second kappa shape index (κ2) is 10.8. The zero-order valence-corrected chi connectivity index (χ0v) is 19.6. The van der Waals surface area contributed by atoms with E-state index >= 15 is 0 Å². The average molecular weight is 454 g/mol. The summed E-state index contributed by atoms with van der Waals surface area (Å²) in [4.78, 5) is 15.8. The lowest BCUT2D eigenvalue weighted by molar-refractivity contribution is -0.107. The van der Waals surface area contributed by atoms with Crippen LogP contribution in [0.2, 0.25) is 0 Å². The molecule has 1 saturated heterocycles. The molecule has 1 fully saturated rings. The zero-order chi connectivity index (χ0) is 22.3. The Morgan fingerprint density at radius 1 is 1.12 bits per heavy atom. The van der Waals surface area contributed by atoms with Crippen molar-refractivity contribution in [2.24, 2.45) is 5.92 Å². The molecule has 2 heterocycles. The van der Waals surface area contributed by atoms with Crippen LogP contribution in [0.25, 0.3) is 10.9 Å². The third kappa shape index (κ3) is 5.40. The number of ether oxygens (including phenoxy) is 2. The molecule has 0 radical (unpaired) electrons. The summed E-state index contributed by atoms with van der Waals surface area (Å²) in [6.07, 6.45) is 2.27. The minimum Gasteiger partial charge on any atom is -0.493 e. The van der Waals surface area contributed by atoms with Crippen molar-refractivity contribution in [2.75, 3.05) is 51.3 Å². The monoisotopic (exact) mass is 453 g/mol. The summed E-state index contributed by atoms with van der Waals surface area (Å²) in [7, 11) is 1.63. The first-order chi connectivity index (χ1) is 15.7. The summed E-state index contributed by atoms with van der Waals surface area (Å²) in [6.45, 7) is 8.25. The average Bonchev–Trinajstić information content (AvgIpc) is 3.25. The van der Waals surface area contributed by atoms with Gasteiger partial charge in [-0.3, -0.25) is 4.90 Å². The van der Waals surface area contributed by atoms with Gasteiger partial charge >= 0.3 is 0 Å². The molecule has 0 amide bonds. The number of aromatic nitrogens is 1. The summed E-state index contributed by atoms with van der Waals surface area (Å²) < 4.78 is 16.0. The molecule has 6 nitrogen and oxygen atoms in total. The highest BCUT2D eigenvalue weighted by molar-refractivity contribution is 7.11. The Bertz CT molecular complexity index is 1030. The molecule has 32 heavy (non-hydrogen) atoms. The van der Waals surface area contributed by atoms with E-state index in [-0.39, 0.29) is 0 Å². The molecule has 0 bridgehead atoms. The van der Waals surface area contributed by atoms with Crippen molar-refractivity contribution in [3.8, 4) is 11.5 Å². The first-order valence-electron chi connectivity index (χ1n) is 11.2. The number of benzene rings is 2. The second-order valence-corrected chi connectivity index (χ2v) is 9.14. The number of carbonyl (C=O) groups is 1. The Morgan fingerprint density at radius 2 is 1.94 bits per heavy atom. The molecular weight excluding hydrogens is 422 g/mol. The standard InChI is InChI=1S/C25H31N3O3S/c1-19(10-16-31-23-8-7-20(9-15-29)17-24(23)30-2)18-27-11-13-28(14-12-27)25-21-5-3-4-6-22(21)26-32-25/h3-8,15,17,19H,9-14,16,18H2,1-2H3. The van der Waals surface area contributed by atoms with Crippen LogP contribution in [0.15, 0.2) is 42.5 Å². The summed E-state index contributed by atoms with van der Waals surface area (Å²) in [6, 6.07) is 14.1. The van der Waals surface area contributed by atoms with Crippen LogP contribution in [-0.4, -0.2) is 62.0 Å². The van der Waals surface area contributed by atoms with E-state index < -0.39 is 0 Å². The quantitative estimate of drug-likeness (QED) is 0.427. The summed E-state index contributed by atoms with van der Waals surface area (Å²) >= 11 is 1.61. The van der Waals surface area contributed by atoms with Gasteiger partial charge in [-0.25, -0.2) is 0 Å². The molecule has 0 saturated carbocycles. The van der Waals surface area contributed by atoms with Crippen molar-refractivity contribution in [2.45, 2.75) is 19.8 Å². The van der Waals surface area contributed by atoms with Crippen LogP contribution >= 0.6 is 11.5 Å². The Kier molecular flexibility index (Phi) is 7.60. The smallest absolute Gasteiger partial charge is 0.161 e. The highest BCUT2D eigenvalue weighted by Gasteiger charge is 2.21. The van der Waals surface area contributed by atoms with Crippen LogP contribution in [0.1, 0.15) is 18.9 Å². The zero-order valence-electron chi connectivity index (χ0n) is 18.8. The molecule has 0 spiro atoms. The van der Waals surface area contributed by atoms with Crippen molar-refractivity contribution in [3.05, 3.63) is 48.0 Å². The largest absolute Gasteiger partial charge is 0.493 e. The van der Waals surface area contributed by atoms with Gasteiger partial charge in [-0.2, -0.15) is 4.37 Å². The number of carbonyl (C=O) groups excluding carboxylic acids is 1. The van der Waals surface area contributed by atoms with Crippen LogP contribution in [0, 0.1) is 5.92 Å². The van der Waals surface area contributed by atoms with E-state index in [2.05, 4.69) is 39.3 Å². The number of methoxy groups -OCH3 is 1. The normalized spacial score (nSPS) is 15.6. The van der Waals surface area contributed by atoms with Gasteiger partial charge in [0.2, 0.25) is 0 Å². The predicted octanol–water partition coefficient (Wildman–Crippen LogP) is 4.27. The van der Waals surface area contributed by atoms with Gasteiger partial charge in [-0.05, 0) is 53.7 Å². The molecule has 1 atom stereocenters. The molecule has 2 aromatic carbocycles. The van der Waals surface area contributed by atoms with E-state index in [9.17, 15) is 4.79 Å². The van der Waals surface area contributed by atoms with Crippen molar-refractivity contribution in [1.29, 1.82) is 0 Å². The minimum atomic E-state index is 0.389. The van der Waals surface area contributed by atoms with Crippen LogP contribution < -0.4 is 14.4 Å². The van der Waals surface area contributed by atoms with Gasteiger partial charge in [0.15, 0.2) is 11.5 Å². The molecule has 0 aliphatic carbocycles. The Hall–Kier alpha value is -2.64. The number of rotatable bonds is 10. The van der Waals surface area contributed by atoms with Crippen LogP contribution in [0.3, 0.4) is 0 Å². The number of nitrogens with zero attached hydrogens (tertiary/aromatic N) is 3. The fraction of sp³-hybridized carbons (Fsp3) is 0.440. The number of piperazine rings is 1. The molecule has 3 aromatic rings. The first kappa shape index (κ1) is 22.6. The Balaban J connectivity index is 1.22. The van der Waals surface area contributed by atoms with E-state index in [1.807, 2.05) is 24.3 Å². The lowest BCUT2D eigenvalue weighted by atomic mass is 10.1. The molecule has 1 aromatic heterocycles. The summed E-state index contributed by atoms with van der Waals surface area (Å²) in [5, 5.41) is 2.57. The predicted molar refractivity (Wildman–Crippen MR) is 130 cm³/mol. The lowest BCUT2D eigenvalue weighted by Crippen LogP contribution is -2.47. The molecular formula is C25H31N3O3S. The van der Waals surface area contributed by atoms with Crippen molar-refractivity contribution < 1.29 is 14.3 Å². The molecule has 4 rings (SSSR count). The van der Waals surface area contributed by atoms with Gasteiger partial charge in [0.1, 0.15) is 11.3 Å². The number of hydrogen-bond donors (Lipinski definition) is 0. The maximum atomic E-state index is 10.7. The van der Waals surface area contributed by atoms with Gasteiger partial charge in [0.05, 0.1) is 19.2 Å². The number of anilines is 1. The third-order valence-electron chi connectivity index (χ3n) is 6.01. The highest BCUT2D eigenvalue weighted by atomic mass is 32.1. The van der Waals surface area contributed by atoms with Crippen LogP contribution in [0.4, 0.5) is 5.00 Å². The van der Waals surface area contributed by atoms with E-state index in [4.69, 9.17) is 9.47 Å². The van der Waals surface area contributed by atoms with Gasteiger partial charge in [-0.15, -0.1) is 0 Å². The Morgan fingerprint density at radius 3 is 2.72 bits per heavy atom. The summed E-state index contributed by atoms with van der Waals surface area (Å²) in [5.41, 5.74) is 2.03. The van der Waals surface area contributed by atoms with Gasteiger partial charge in [-0.1, -0.05) is 25.1 Å². The number of fused-ring (bicyclic) bond motifs is 1. The SMILES string of the molecule is COc1cc(CC=O)ccc1OCCC(C)CN1CCN(c2snc3ccccc23)CC1. The van der Waals surface area contributed by atoms with E-state index in [0.717, 1.165) is 62.3 Å². The van der Waals surface area contributed by atoms with Crippen LogP contribution in [-0.2, 0) is 11.2 Å². The van der Waals surface area contributed by atoms with E-state index in [0.29, 0.717) is 24.7 Å². The summed E-state index contributed by atoms with van der Waals surface area (Å²) in [5.74, 6) is 1.97. The van der Waals surface area contributed by atoms with Crippen molar-refractivity contribution >= 4 is 33.7 Å². The molecule has 170 valence electrons. The molecule has 1 aliphatic rings. The fourth-order valence-corrected chi connectivity index (χ4v) is 5.11. The second-order valence-electron chi connectivity index (χ2n) is 8.39. The molecule has 0 N–H and O–H groups in total. The van der Waals surface area contributed by atoms with Gasteiger partial charge in [0, 0.05) is 44.5 Å². The minimum absolute atomic E-state index is 0.389. The molecule has 7 heteroatoms. The third-order valence-corrected chi connectivity index (χ3v) is 6.95. The fourth-order valence-electron chi connectivity index (χ4n) is 4.19. The van der Waals surface area contributed by atoms with Crippen LogP contribution in [0.5, 0.6) is 11.5 Å². The van der Waals surface area contributed by atoms with Gasteiger partial charge < -0.3 is 19.2 Å². The first-order valence-corrected chi connectivity index (χ1v) is 12.0. The maximum absolute atomic E-state index is 10.7. The topological polar surface area (TPSA) is 54.9 Å². The van der Waals surface area contributed by atoms with Crippen molar-refractivity contribution in [1.82, 2.24) is 9.27 Å².